The first kappa shape index (κ1) is 13.0. The van der Waals surface area contributed by atoms with Gasteiger partial charge in [-0.25, -0.2) is 0 Å². The van der Waals surface area contributed by atoms with E-state index in [0.717, 1.165) is 17.7 Å². The molecule has 0 saturated heterocycles. The van der Waals surface area contributed by atoms with Crippen molar-refractivity contribution in [2.24, 2.45) is 5.73 Å². The van der Waals surface area contributed by atoms with Gasteiger partial charge in [-0.05, 0) is 18.9 Å². The van der Waals surface area contributed by atoms with Crippen LogP contribution in [-0.4, -0.2) is 18.3 Å². The Labute approximate surface area is 97.2 Å². The minimum absolute atomic E-state index is 0.204. The highest BCUT2D eigenvalue weighted by Gasteiger charge is 2.28. The minimum atomic E-state index is -0.982. The van der Waals surface area contributed by atoms with Crippen LogP contribution in [0.3, 0.4) is 0 Å². The van der Waals surface area contributed by atoms with Crippen molar-refractivity contribution in [2.75, 3.05) is 13.2 Å². The summed E-state index contributed by atoms with van der Waals surface area (Å²) in [4.78, 5) is 0. The van der Waals surface area contributed by atoms with Gasteiger partial charge in [-0.3, -0.25) is 0 Å². The van der Waals surface area contributed by atoms with Crippen molar-refractivity contribution in [2.45, 2.75) is 32.3 Å². The number of hydrogen-bond donors (Lipinski definition) is 2. The SMILES string of the molecule is CCCOc1ccccc1C(O)(CC)CN. The van der Waals surface area contributed by atoms with Gasteiger partial charge < -0.3 is 15.6 Å². The quantitative estimate of drug-likeness (QED) is 0.776. The van der Waals surface area contributed by atoms with Crippen LogP contribution in [0, 0.1) is 0 Å². The van der Waals surface area contributed by atoms with Gasteiger partial charge in [-0.1, -0.05) is 32.0 Å². The van der Waals surface area contributed by atoms with E-state index in [2.05, 4.69) is 6.92 Å². The van der Waals surface area contributed by atoms with Crippen molar-refractivity contribution in [1.29, 1.82) is 0 Å². The second kappa shape index (κ2) is 5.87. The monoisotopic (exact) mass is 223 g/mol. The van der Waals surface area contributed by atoms with E-state index >= 15 is 0 Å². The number of para-hydroxylation sites is 1. The molecular formula is C13H21NO2. The molecule has 0 amide bonds. The first-order valence-corrected chi connectivity index (χ1v) is 5.82. The zero-order valence-corrected chi connectivity index (χ0v) is 10.1. The molecule has 0 bridgehead atoms. The van der Waals surface area contributed by atoms with E-state index in [0.29, 0.717) is 13.0 Å². The fourth-order valence-electron chi connectivity index (χ4n) is 1.63. The molecule has 0 radical (unpaired) electrons. The molecule has 0 aliphatic rings. The topological polar surface area (TPSA) is 55.5 Å². The van der Waals surface area contributed by atoms with Gasteiger partial charge in [0.05, 0.1) is 6.61 Å². The third-order valence-electron chi connectivity index (χ3n) is 2.77. The van der Waals surface area contributed by atoms with Gasteiger partial charge in [0.25, 0.3) is 0 Å². The number of benzene rings is 1. The average molecular weight is 223 g/mol. The fourth-order valence-corrected chi connectivity index (χ4v) is 1.63. The molecule has 1 atom stereocenters. The molecule has 1 unspecified atom stereocenters. The molecule has 16 heavy (non-hydrogen) atoms. The van der Waals surface area contributed by atoms with Crippen LogP contribution >= 0.6 is 0 Å². The van der Waals surface area contributed by atoms with Crippen LogP contribution in [0.5, 0.6) is 5.75 Å². The molecule has 0 aliphatic carbocycles. The Morgan fingerprint density at radius 1 is 1.31 bits per heavy atom. The van der Waals surface area contributed by atoms with Crippen molar-refractivity contribution in [3.05, 3.63) is 29.8 Å². The normalized spacial score (nSPS) is 14.5. The van der Waals surface area contributed by atoms with Crippen LogP contribution < -0.4 is 10.5 Å². The molecule has 3 nitrogen and oxygen atoms in total. The maximum absolute atomic E-state index is 10.4. The van der Waals surface area contributed by atoms with Gasteiger partial charge in [0.2, 0.25) is 0 Å². The van der Waals surface area contributed by atoms with E-state index in [4.69, 9.17) is 10.5 Å². The zero-order chi connectivity index (χ0) is 12.0. The number of ether oxygens (including phenoxy) is 1. The maximum atomic E-state index is 10.4. The predicted molar refractivity (Wildman–Crippen MR) is 65.5 cm³/mol. The molecule has 0 saturated carbocycles. The lowest BCUT2D eigenvalue weighted by Crippen LogP contribution is -2.34. The molecule has 0 aliphatic heterocycles. The van der Waals surface area contributed by atoms with Gasteiger partial charge in [0, 0.05) is 12.1 Å². The highest BCUT2D eigenvalue weighted by Crippen LogP contribution is 2.31. The van der Waals surface area contributed by atoms with Gasteiger partial charge in [-0.2, -0.15) is 0 Å². The van der Waals surface area contributed by atoms with Crippen LogP contribution in [0.4, 0.5) is 0 Å². The Kier molecular flexibility index (Phi) is 4.77. The summed E-state index contributed by atoms with van der Waals surface area (Å²) in [6.07, 6.45) is 1.53. The van der Waals surface area contributed by atoms with E-state index in [1.165, 1.54) is 0 Å². The van der Waals surface area contributed by atoms with Crippen LogP contribution in [0.1, 0.15) is 32.3 Å². The van der Waals surface area contributed by atoms with Crippen LogP contribution in [0.2, 0.25) is 0 Å². The summed E-state index contributed by atoms with van der Waals surface area (Å²) in [5.41, 5.74) is 5.45. The van der Waals surface area contributed by atoms with Crippen LogP contribution in [0.25, 0.3) is 0 Å². The Morgan fingerprint density at radius 3 is 2.56 bits per heavy atom. The van der Waals surface area contributed by atoms with E-state index in [1.807, 2.05) is 31.2 Å². The molecule has 1 rings (SSSR count). The van der Waals surface area contributed by atoms with Crippen molar-refractivity contribution in [1.82, 2.24) is 0 Å². The lowest BCUT2D eigenvalue weighted by molar-refractivity contribution is 0.0387. The van der Waals surface area contributed by atoms with Gasteiger partial charge >= 0.3 is 0 Å². The second-order valence-corrected chi connectivity index (χ2v) is 3.93. The van der Waals surface area contributed by atoms with E-state index < -0.39 is 5.60 Å². The lowest BCUT2D eigenvalue weighted by Gasteiger charge is -2.27. The van der Waals surface area contributed by atoms with Crippen molar-refractivity contribution >= 4 is 0 Å². The van der Waals surface area contributed by atoms with Gasteiger partial charge in [0.15, 0.2) is 0 Å². The van der Waals surface area contributed by atoms with E-state index in [-0.39, 0.29) is 6.54 Å². The van der Waals surface area contributed by atoms with Crippen molar-refractivity contribution in [3.63, 3.8) is 0 Å². The van der Waals surface area contributed by atoms with Crippen molar-refractivity contribution in [3.8, 4) is 5.75 Å². The molecule has 90 valence electrons. The Morgan fingerprint density at radius 2 is 2.00 bits per heavy atom. The third-order valence-corrected chi connectivity index (χ3v) is 2.77. The molecule has 0 heterocycles. The molecule has 0 aromatic heterocycles. The molecular weight excluding hydrogens is 202 g/mol. The lowest BCUT2D eigenvalue weighted by atomic mass is 9.90. The van der Waals surface area contributed by atoms with E-state index in [1.54, 1.807) is 0 Å². The minimum Gasteiger partial charge on any atom is -0.493 e. The van der Waals surface area contributed by atoms with E-state index in [9.17, 15) is 5.11 Å². The number of hydrogen-bond acceptors (Lipinski definition) is 3. The van der Waals surface area contributed by atoms with Gasteiger partial charge in [-0.15, -0.1) is 0 Å². The number of nitrogens with two attached hydrogens (primary N) is 1. The Hall–Kier alpha value is -1.06. The van der Waals surface area contributed by atoms with Crippen LogP contribution in [0.15, 0.2) is 24.3 Å². The summed E-state index contributed by atoms with van der Waals surface area (Å²) in [7, 11) is 0. The smallest absolute Gasteiger partial charge is 0.125 e. The second-order valence-electron chi connectivity index (χ2n) is 3.93. The fraction of sp³-hybridized carbons (Fsp3) is 0.538. The Bertz CT molecular complexity index is 321. The third kappa shape index (κ3) is 2.74. The number of rotatable bonds is 6. The predicted octanol–water partition coefficient (Wildman–Crippen LogP) is 2.03. The highest BCUT2D eigenvalue weighted by atomic mass is 16.5. The summed E-state index contributed by atoms with van der Waals surface area (Å²) >= 11 is 0. The van der Waals surface area contributed by atoms with Crippen LogP contribution in [-0.2, 0) is 5.60 Å². The molecule has 0 fully saturated rings. The summed E-state index contributed by atoms with van der Waals surface area (Å²) in [5, 5.41) is 10.4. The summed E-state index contributed by atoms with van der Waals surface area (Å²) in [6.45, 7) is 4.83. The molecule has 0 spiro atoms. The Balaban J connectivity index is 3.01. The average Bonchev–Trinajstić information content (AvgIpc) is 2.35. The highest BCUT2D eigenvalue weighted by molar-refractivity contribution is 5.38. The maximum Gasteiger partial charge on any atom is 0.125 e. The summed E-state index contributed by atoms with van der Waals surface area (Å²) < 4.78 is 5.62. The summed E-state index contributed by atoms with van der Waals surface area (Å²) in [6, 6.07) is 7.55. The molecule has 3 heteroatoms. The first-order chi connectivity index (χ1) is 7.68. The van der Waals surface area contributed by atoms with Crippen molar-refractivity contribution < 1.29 is 9.84 Å². The largest absolute Gasteiger partial charge is 0.493 e. The van der Waals surface area contributed by atoms with Gasteiger partial charge in [0.1, 0.15) is 11.4 Å². The number of aliphatic hydroxyl groups is 1. The summed E-state index contributed by atoms with van der Waals surface area (Å²) in [5.74, 6) is 0.735. The zero-order valence-electron chi connectivity index (χ0n) is 10.1. The molecule has 1 aromatic carbocycles. The molecule has 1 aromatic rings. The first-order valence-electron chi connectivity index (χ1n) is 5.82. The standard InChI is InChI=1S/C13H21NO2/c1-3-9-16-12-8-6-5-7-11(12)13(15,4-2)10-14/h5-8,15H,3-4,9-10,14H2,1-2H3. The molecule has 3 N–H and O–H groups in total.